The summed E-state index contributed by atoms with van der Waals surface area (Å²) in [7, 11) is 2.22. The summed E-state index contributed by atoms with van der Waals surface area (Å²) < 4.78 is 5.56. The quantitative estimate of drug-likeness (QED) is 0.665. The maximum absolute atomic E-state index is 5.56. The second kappa shape index (κ2) is 6.39. The molecule has 1 fully saturated rings. The van der Waals surface area contributed by atoms with E-state index in [0.717, 1.165) is 19.1 Å². The lowest BCUT2D eigenvalue weighted by atomic mass is 10.0. The van der Waals surface area contributed by atoms with E-state index >= 15 is 0 Å². The Morgan fingerprint density at radius 3 is 3.00 bits per heavy atom. The summed E-state index contributed by atoms with van der Waals surface area (Å²) in [6.07, 6.45) is 5.22. The van der Waals surface area contributed by atoms with Gasteiger partial charge in [0.1, 0.15) is 0 Å². The molecule has 0 aromatic carbocycles. The monoisotopic (exact) mass is 185 g/mol. The zero-order valence-electron chi connectivity index (χ0n) is 9.09. The molecule has 1 unspecified atom stereocenters. The van der Waals surface area contributed by atoms with Gasteiger partial charge in [-0.2, -0.15) is 0 Å². The van der Waals surface area contributed by atoms with Crippen molar-refractivity contribution >= 4 is 0 Å². The van der Waals surface area contributed by atoms with E-state index in [1.54, 1.807) is 0 Å². The topological polar surface area (TPSA) is 12.5 Å². The Kier molecular flexibility index (Phi) is 5.40. The molecule has 0 amide bonds. The first-order valence-corrected chi connectivity index (χ1v) is 5.59. The number of ether oxygens (including phenoxy) is 1. The van der Waals surface area contributed by atoms with Gasteiger partial charge < -0.3 is 9.64 Å². The van der Waals surface area contributed by atoms with Gasteiger partial charge in [-0.05, 0) is 38.8 Å². The van der Waals surface area contributed by atoms with Crippen molar-refractivity contribution in [3.8, 4) is 0 Å². The molecule has 1 aliphatic rings. The highest BCUT2D eigenvalue weighted by Crippen LogP contribution is 2.14. The minimum atomic E-state index is 0.777. The normalized spacial score (nSPS) is 24.7. The lowest BCUT2D eigenvalue weighted by Gasteiger charge is -2.21. The number of hydrogen-bond donors (Lipinski definition) is 0. The van der Waals surface area contributed by atoms with Crippen LogP contribution in [0.1, 0.15) is 32.6 Å². The van der Waals surface area contributed by atoms with E-state index in [1.807, 2.05) is 0 Å². The van der Waals surface area contributed by atoms with Crippen LogP contribution in [0.3, 0.4) is 0 Å². The van der Waals surface area contributed by atoms with Crippen molar-refractivity contribution < 1.29 is 4.74 Å². The van der Waals surface area contributed by atoms with E-state index in [9.17, 15) is 0 Å². The van der Waals surface area contributed by atoms with Crippen LogP contribution in [0.5, 0.6) is 0 Å². The van der Waals surface area contributed by atoms with Crippen LogP contribution >= 0.6 is 0 Å². The van der Waals surface area contributed by atoms with Gasteiger partial charge in [-0.25, -0.2) is 0 Å². The van der Waals surface area contributed by atoms with Crippen LogP contribution in [0.2, 0.25) is 0 Å². The molecule has 1 atom stereocenters. The van der Waals surface area contributed by atoms with Crippen molar-refractivity contribution in [3.63, 3.8) is 0 Å². The minimum absolute atomic E-state index is 0.777. The summed E-state index contributed by atoms with van der Waals surface area (Å²) in [5, 5.41) is 0. The Morgan fingerprint density at radius 2 is 2.23 bits per heavy atom. The van der Waals surface area contributed by atoms with Gasteiger partial charge in [0.05, 0.1) is 6.61 Å². The third kappa shape index (κ3) is 4.63. The van der Waals surface area contributed by atoms with Crippen LogP contribution in [0.4, 0.5) is 0 Å². The van der Waals surface area contributed by atoms with E-state index in [4.69, 9.17) is 4.74 Å². The second-order valence-electron chi connectivity index (χ2n) is 4.20. The molecule has 0 N–H and O–H groups in total. The van der Waals surface area contributed by atoms with Crippen LogP contribution in [0, 0.1) is 5.92 Å². The molecule has 2 heteroatoms. The van der Waals surface area contributed by atoms with Gasteiger partial charge in [0.2, 0.25) is 0 Å². The number of hydrogen-bond acceptors (Lipinski definition) is 2. The molecule has 1 heterocycles. The molecule has 1 saturated heterocycles. The Morgan fingerprint density at radius 1 is 1.38 bits per heavy atom. The van der Waals surface area contributed by atoms with Gasteiger partial charge in [0.15, 0.2) is 0 Å². The van der Waals surface area contributed by atoms with Gasteiger partial charge in [0.25, 0.3) is 0 Å². The molecule has 1 aliphatic heterocycles. The molecule has 78 valence electrons. The molecule has 0 spiro atoms. The molecular weight excluding hydrogens is 162 g/mol. The molecule has 0 aromatic heterocycles. The third-order valence-electron chi connectivity index (χ3n) is 2.68. The summed E-state index contributed by atoms with van der Waals surface area (Å²) >= 11 is 0. The second-order valence-corrected chi connectivity index (χ2v) is 4.20. The fraction of sp³-hybridized carbons (Fsp3) is 1.00. The van der Waals surface area contributed by atoms with Gasteiger partial charge in [0, 0.05) is 13.2 Å². The van der Waals surface area contributed by atoms with Gasteiger partial charge in [-0.3, -0.25) is 0 Å². The summed E-state index contributed by atoms with van der Waals surface area (Å²) in [5.74, 6) is 0.777. The largest absolute Gasteiger partial charge is 0.381 e. The summed E-state index contributed by atoms with van der Waals surface area (Å²) in [6.45, 7) is 6.63. The molecular formula is C11H23NO. The van der Waals surface area contributed by atoms with Crippen LogP contribution in [0.15, 0.2) is 0 Å². The maximum atomic E-state index is 5.56. The fourth-order valence-corrected chi connectivity index (χ4v) is 2.03. The Balaban J connectivity index is 2.17. The zero-order chi connectivity index (χ0) is 9.52. The molecule has 1 rings (SSSR count). The summed E-state index contributed by atoms with van der Waals surface area (Å²) in [6, 6.07) is 0. The van der Waals surface area contributed by atoms with Crippen molar-refractivity contribution in [3.05, 3.63) is 0 Å². The zero-order valence-corrected chi connectivity index (χ0v) is 9.09. The predicted octanol–water partition coefficient (Wildman–Crippen LogP) is 2.14. The van der Waals surface area contributed by atoms with Crippen molar-refractivity contribution in [2.24, 2.45) is 5.92 Å². The highest BCUT2D eigenvalue weighted by molar-refractivity contribution is 4.65. The highest BCUT2D eigenvalue weighted by atomic mass is 16.5. The number of nitrogens with zero attached hydrogens (tertiary/aromatic N) is 1. The third-order valence-corrected chi connectivity index (χ3v) is 2.68. The molecule has 2 nitrogen and oxygen atoms in total. The van der Waals surface area contributed by atoms with Gasteiger partial charge in [-0.15, -0.1) is 0 Å². The number of rotatable bonds is 4. The van der Waals surface area contributed by atoms with Gasteiger partial charge >= 0.3 is 0 Å². The summed E-state index contributed by atoms with van der Waals surface area (Å²) in [4.78, 5) is 2.43. The van der Waals surface area contributed by atoms with Crippen molar-refractivity contribution in [1.29, 1.82) is 0 Å². The maximum Gasteiger partial charge on any atom is 0.0506 e. The van der Waals surface area contributed by atoms with E-state index in [1.165, 1.54) is 38.8 Å². The molecule has 0 radical (unpaired) electrons. The van der Waals surface area contributed by atoms with Crippen molar-refractivity contribution in [2.45, 2.75) is 32.6 Å². The Hall–Kier alpha value is -0.0800. The predicted molar refractivity (Wildman–Crippen MR) is 55.9 cm³/mol. The van der Waals surface area contributed by atoms with E-state index in [2.05, 4.69) is 18.9 Å². The van der Waals surface area contributed by atoms with Crippen molar-refractivity contribution in [2.75, 3.05) is 33.4 Å². The van der Waals surface area contributed by atoms with Crippen LogP contribution in [0.25, 0.3) is 0 Å². The molecule has 0 saturated carbocycles. The van der Waals surface area contributed by atoms with Gasteiger partial charge in [-0.1, -0.05) is 13.3 Å². The molecule has 0 aromatic rings. The smallest absolute Gasteiger partial charge is 0.0506 e. The minimum Gasteiger partial charge on any atom is -0.381 e. The highest BCUT2D eigenvalue weighted by Gasteiger charge is 2.13. The SMILES string of the molecule is CCCN(C)CC1CCCCOC1. The average molecular weight is 185 g/mol. The van der Waals surface area contributed by atoms with Crippen molar-refractivity contribution in [1.82, 2.24) is 4.90 Å². The first-order chi connectivity index (χ1) is 6.33. The van der Waals surface area contributed by atoms with Crippen LogP contribution in [-0.4, -0.2) is 38.3 Å². The van der Waals surface area contributed by atoms with E-state index in [-0.39, 0.29) is 0 Å². The van der Waals surface area contributed by atoms with E-state index in [0.29, 0.717) is 0 Å². The Bertz CT molecular complexity index is 119. The first kappa shape index (κ1) is 11.0. The van der Waals surface area contributed by atoms with Crippen LogP contribution in [-0.2, 0) is 4.74 Å². The van der Waals surface area contributed by atoms with E-state index < -0.39 is 0 Å². The molecule has 0 aliphatic carbocycles. The summed E-state index contributed by atoms with van der Waals surface area (Å²) in [5.41, 5.74) is 0. The lowest BCUT2D eigenvalue weighted by Crippen LogP contribution is -2.28. The fourth-order valence-electron chi connectivity index (χ4n) is 2.03. The average Bonchev–Trinajstić information content (AvgIpc) is 2.33. The molecule has 13 heavy (non-hydrogen) atoms. The Labute approximate surface area is 82.3 Å². The standard InChI is InChI=1S/C11H23NO/c1-3-7-12(2)9-11-6-4-5-8-13-10-11/h11H,3-10H2,1-2H3. The van der Waals surface area contributed by atoms with Crippen LogP contribution < -0.4 is 0 Å². The molecule has 0 bridgehead atoms. The first-order valence-electron chi connectivity index (χ1n) is 5.59. The lowest BCUT2D eigenvalue weighted by molar-refractivity contribution is 0.101.